The van der Waals surface area contributed by atoms with Crippen LogP contribution in [0.3, 0.4) is 0 Å². The molecule has 1 aliphatic carbocycles. The van der Waals surface area contributed by atoms with E-state index >= 15 is 0 Å². The smallest absolute Gasteiger partial charge is 0.190 e. The van der Waals surface area contributed by atoms with E-state index in [2.05, 4.69) is 0 Å². The van der Waals surface area contributed by atoms with E-state index in [0.717, 1.165) is 0 Å². The van der Waals surface area contributed by atoms with Crippen LogP contribution in [0.4, 0.5) is 13.2 Å². The van der Waals surface area contributed by atoms with Crippen LogP contribution in [0.15, 0.2) is 12.1 Å². The van der Waals surface area contributed by atoms with E-state index < -0.39 is 23.2 Å². The summed E-state index contributed by atoms with van der Waals surface area (Å²) in [4.78, 5) is 0. The highest BCUT2D eigenvalue weighted by Crippen LogP contribution is 2.29. The van der Waals surface area contributed by atoms with Gasteiger partial charge >= 0.3 is 0 Å². The van der Waals surface area contributed by atoms with Crippen molar-refractivity contribution < 1.29 is 23.0 Å². The lowest BCUT2D eigenvalue weighted by atomic mass is 9.83. The van der Waals surface area contributed by atoms with E-state index in [-0.39, 0.29) is 18.6 Å². The molecule has 0 unspecified atom stereocenters. The van der Waals surface area contributed by atoms with Gasteiger partial charge < -0.3 is 9.84 Å². The Labute approximate surface area is 90.7 Å². The lowest BCUT2D eigenvalue weighted by Crippen LogP contribution is -2.32. The molecule has 0 aliphatic heterocycles. The summed E-state index contributed by atoms with van der Waals surface area (Å²) in [7, 11) is 0. The molecule has 2 rings (SSSR count). The Morgan fingerprint density at radius 2 is 1.75 bits per heavy atom. The van der Waals surface area contributed by atoms with Gasteiger partial charge in [-0.05, 0) is 18.8 Å². The Balaban J connectivity index is 1.98. The molecule has 2 nitrogen and oxygen atoms in total. The van der Waals surface area contributed by atoms with Crippen molar-refractivity contribution in [3.63, 3.8) is 0 Å². The molecule has 88 valence electrons. The zero-order valence-electron chi connectivity index (χ0n) is 8.42. The Hall–Kier alpha value is -1.23. The first-order valence-corrected chi connectivity index (χ1v) is 5.01. The van der Waals surface area contributed by atoms with Crippen LogP contribution in [0, 0.1) is 23.4 Å². The molecule has 0 heterocycles. The van der Waals surface area contributed by atoms with E-state index in [9.17, 15) is 13.2 Å². The van der Waals surface area contributed by atoms with Gasteiger partial charge in [-0.3, -0.25) is 0 Å². The van der Waals surface area contributed by atoms with Gasteiger partial charge in [-0.25, -0.2) is 13.2 Å². The van der Waals surface area contributed by atoms with Crippen molar-refractivity contribution in [3.8, 4) is 5.75 Å². The van der Waals surface area contributed by atoms with Crippen molar-refractivity contribution >= 4 is 0 Å². The molecule has 0 spiro atoms. The predicted octanol–water partition coefficient (Wildman–Crippen LogP) is 2.25. The molecule has 1 aromatic carbocycles. The molecule has 1 aromatic rings. The van der Waals surface area contributed by atoms with Crippen LogP contribution in [0.2, 0.25) is 0 Å². The van der Waals surface area contributed by atoms with Crippen LogP contribution >= 0.6 is 0 Å². The molecule has 1 saturated carbocycles. The van der Waals surface area contributed by atoms with Crippen LogP contribution in [-0.2, 0) is 0 Å². The lowest BCUT2D eigenvalue weighted by Gasteiger charge is -2.31. The fourth-order valence-corrected chi connectivity index (χ4v) is 1.70. The van der Waals surface area contributed by atoms with Crippen LogP contribution in [0.25, 0.3) is 0 Å². The van der Waals surface area contributed by atoms with Crippen molar-refractivity contribution in [2.24, 2.45) is 5.92 Å². The van der Waals surface area contributed by atoms with Crippen molar-refractivity contribution in [1.29, 1.82) is 0 Å². The van der Waals surface area contributed by atoms with Gasteiger partial charge in [0, 0.05) is 12.1 Å². The molecule has 0 aromatic heterocycles. The number of rotatable bonds is 3. The summed E-state index contributed by atoms with van der Waals surface area (Å²) in [5.74, 6) is -3.50. The van der Waals surface area contributed by atoms with Crippen molar-refractivity contribution in [2.75, 3.05) is 6.61 Å². The second-order valence-electron chi connectivity index (χ2n) is 4.00. The minimum Gasteiger partial charge on any atom is -0.487 e. The standard InChI is InChI=1S/C11H11F3O2/c12-7-3-9(13)11(10(14)4-7)16-5-6-1-8(15)2-6/h3-4,6,8,15H,1-2,5H2. The fourth-order valence-electron chi connectivity index (χ4n) is 1.70. The molecule has 0 saturated heterocycles. The minimum atomic E-state index is -1.04. The summed E-state index contributed by atoms with van der Waals surface area (Å²) in [6.45, 7) is 0.135. The Morgan fingerprint density at radius 3 is 2.25 bits per heavy atom. The Morgan fingerprint density at radius 1 is 1.19 bits per heavy atom. The highest BCUT2D eigenvalue weighted by molar-refractivity contribution is 5.27. The van der Waals surface area contributed by atoms with Crippen molar-refractivity contribution in [2.45, 2.75) is 18.9 Å². The first-order chi connectivity index (χ1) is 7.56. The quantitative estimate of drug-likeness (QED) is 0.866. The van der Waals surface area contributed by atoms with Gasteiger partial charge in [0.2, 0.25) is 0 Å². The van der Waals surface area contributed by atoms with Crippen LogP contribution in [-0.4, -0.2) is 17.8 Å². The topological polar surface area (TPSA) is 29.5 Å². The Kier molecular flexibility index (Phi) is 3.05. The van der Waals surface area contributed by atoms with Gasteiger partial charge in [-0.15, -0.1) is 0 Å². The number of aliphatic hydroxyl groups is 1. The van der Waals surface area contributed by atoms with Gasteiger partial charge in [0.25, 0.3) is 0 Å². The number of hydrogen-bond acceptors (Lipinski definition) is 2. The summed E-state index contributed by atoms with van der Waals surface area (Å²) in [5, 5.41) is 9.01. The van der Waals surface area contributed by atoms with Crippen molar-refractivity contribution in [3.05, 3.63) is 29.6 Å². The number of benzene rings is 1. The summed E-state index contributed by atoms with van der Waals surface area (Å²) in [6.07, 6.45) is 0.811. The number of aliphatic hydroxyl groups excluding tert-OH is 1. The number of halogens is 3. The van der Waals surface area contributed by atoms with E-state index in [1.165, 1.54) is 0 Å². The van der Waals surface area contributed by atoms with E-state index in [4.69, 9.17) is 9.84 Å². The molecule has 1 fully saturated rings. The third-order valence-electron chi connectivity index (χ3n) is 2.64. The second kappa shape index (κ2) is 4.33. The van der Waals surface area contributed by atoms with Crippen molar-refractivity contribution in [1.82, 2.24) is 0 Å². The zero-order chi connectivity index (χ0) is 11.7. The lowest BCUT2D eigenvalue weighted by molar-refractivity contribution is 0.0189. The molecule has 16 heavy (non-hydrogen) atoms. The molecule has 0 bridgehead atoms. The number of hydrogen-bond donors (Lipinski definition) is 1. The van der Waals surface area contributed by atoms with Gasteiger partial charge in [-0.2, -0.15) is 0 Å². The fraction of sp³-hybridized carbons (Fsp3) is 0.455. The molecule has 0 amide bonds. The maximum atomic E-state index is 13.1. The zero-order valence-corrected chi connectivity index (χ0v) is 8.42. The molecular formula is C11H11F3O2. The molecular weight excluding hydrogens is 221 g/mol. The highest BCUT2D eigenvalue weighted by Gasteiger charge is 2.28. The average Bonchev–Trinajstić information content (AvgIpc) is 2.12. The second-order valence-corrected chi connectivity index (χ2v) is 4.00. The van der Waals surface area contributed by atoms with Crippen LogP contribution in [0.1, 0.15) is 12.8 Å². The monoisotopic (exact) mass is 232 g/mol. The average molecular weight is 232 g/mol. The van der Waals surface area contributed by atoms with Gasteiger partial charge in [0.05, 0.1) is 12.7 Å². The normalized spacial score (nSPS) is 24.0. The summed E-state index contributed by atoms with van der Waals surface area (Å²) in [5.41, 5.74) is 0. The van der Waals surface area contributed by atoms with Crippen LogP contribution in [0.5, 0.6) is 5.75 Å². The summed E-state index contributed by atoms with van der Waals surface area (Å²) in [6, 6.07) is 1.15. The molecule has 5 heteroatoms. The highest BCUT2D eigenvalue weighted by atomic mass is 19.1. The number of ether oxygens (including phenoxy) is 1. The first-order valence-electron chi connectivity index (χ1n) is 5.01. The van der Waals surface area contributed by atoms with Gasteiger partial charge in [0.15, 0.2) is 17.4 Å². The molecule has 0 radical (unpaired) electrons. The summed E-state index contributed by atoms with van der Waals surface area (Å²) >= 11 is 0. The van der Waals surface area contributed by atoms with Crippen LogP contribution < -0.4 is 4.74 Å². The minimum absolute atomic E-state index is 0.110. The maximum absolute atomic E-state index is 13.1. The van der Waals surface area contributed by atoms with Gasteiger partial charge in [0.1, 0.15) is 5.82 Å². The third kappa shape index (κ3) is 2.29. The van der Waals surface area contributed by atoms with E-state index in [1.54, 1.807) is 0 Å². The van der Waals surface area contributed by atoms with E-state index in [1.807, 2.05) is 0 Å². The first kappa shape index (κ1) is 11.3. The molecule has 1 N–H and O–H groups in total. The SMILES string of the molecule is OC1CC(COc2c(F)cc(F)cc2F)C1. The maximum Gasteiger partial charge on any atom is 0.190 e. The summed E-state index contributed by atoms with van der Waals surface area (Å²) < 4.78 is 43.7. The van der Waals surface area contributed by atoms with E-state index in [0.29, 0.717) is 25.0 Å². The Bertz CT molecular complexity index is 366. The largest absolute Gasteiger partial charge is 0.487 e. The van der Waals surface area contributed by atoms with Gasteiger partial charge in [-0.1, -0.05) is 0 Å². The predicted molar refractivity (Wildman–Crippen MR) is 50.5 cm³/mol. The third-order valence-corrected chi connectivity index (χ3v) is 2.64. The molecule has 0 atom stereocenters. The molecule has 1 aliphatic rings.